The fourth-order valence-corrected chi connectivity index (χ4v) is 2.14. The number of aromatic nitrogens is 2. The molecule has 102 valence electrons. The van der Waals surface area contributed by atoms with Gasteiger partial charge in [-0.2, -0.15) is 5.26 Å². The summed E-state index contributed by atoms with van der Waals surface area (Å²) in [6.45, 7) is 0.275. The van der Waals surface area contributed by atoms with Gasteiger partial charge in [-0.1, -0.05) is 36.4 Å². The van der Waals surface area contributed by atoms with Gasteiger partial charge in [0.15, 0.2) is 5.69 Å². The van der Waals surface area contributed by atoms with Crippen LogP contribution in [0.2, 0.25) is 0 Å². The SMILES string of the molecule is N#Cc1nnc2ccccc2c1NCc1ccccc1F. The highest BCUT2D eigenvalue weighted by atomic mass is 19.1. The van der Waals surface area contributed by atoms with E-state index in [0.717, 1.165) is 5.39 Å². The molecule has 0 amide bonds. The van der Waals surface area contributed by atoms with Crippen LogP contribution in [0.5, 0.6) is 0 Å². The van der Waals surface area contributed by atoms with Crippen molar-refractivity contribution in [3.63, 3.8) is 0 Å². The molecule has 0 bridgehead atoms. The Morgan fingerprint density at radius 3 is 2.62 bits per heavy atom. The average Bonchev–Trinajstić information content (AvgIpc) is 2.53. The van der Waals surface area contributed by atoms with E-state index in [1.165, 1.54) is 6.07 Å². The Hall–Kier alpha value is -3.00. The lowest BCUT2D eigenvalue weighted by Crippen LogP contribution is -2.06. The van der Waals surface area contributed by atoms with Crippen molar-refractivity contribution in [3.8, 4) is 6.07 Å². The molecule has 0 unspecified atom stereocenters. The normalized spacial score (nSPS) is 10.3. The van der Waals surface area contributed by atoms with Crippen LogP contribution in [0.3, 0.4) is 0 Å². The first-order valence-electron chi connectivity index (χ1n) is 6.42. The number of halogens is 1. The van der Waals surface area contributed by atoms with Crippen LogP contribution in [-0.2, 0) is 6.54 Å². The van der Waals surface area contributed by atoms with Crippen molar-refractivity contribution in [3.05, 3.63) is 65.6 Å². The van der Waals surface area contributed by atoms with Crippen LogP contribution in [0.4, 0.5) is 10.1 Å². The summed E-state index contributed by atoms with van der Waals surface area (Å²) in [4.78, 5) is 0. The molecule has 0 saturated carbocycles. The monoisotopic (exact) mass is 278 g/mol. The molecule has 4 nitrogen and oxygen atoms in total. The van der Waals surface area contributed by atoms with Gasteiger partial charge in [-0.15, -0.1) is 10.2 Å². The maximum Gasteiger partial charge on any atom is 0.186 e. The summed E-state index contributed by atoms with van der Waals surface area (Å²) in [5.41, 5.74) is 1.99. The van der Waals surface area contributed by atoms with Gasteiger partial charge >= 0.3 is 0 Å². The second-order valence-corrected chi connectivity index (χ2v) is 4.50. The number of hydrogen-bond acceptors (Lipinski definition) is 4. The molecule has 0 saturated heterocycles. The molecule has 1 heterocycles. The summed E-state index contributed by atoms with van der Waals surface area (Å²) < 4.78 is 13.7. The van der Waals surface area contributed by atoms with Gasteiger partial charge in [0.25, 0.3) is 0 Å². The Bertz CT molecular complexity index is 839. The molecular weight excluding hydrogens is 267 g/mol. The summed E-state index contributed by atoms with van der Waals surface area (Å²) in [6.07, 6.45) is 0. The topological polar surface area (TPSA) is 61.6 Å². The van der Waals surface area contributed by atoms with E-state index in [0.29, 0.717) is 16.8 Å². The molecule has 0 fully saturated rings. The number of rotatable bonds is 3. The molecule has 1 N–H and O–H groups in total. The van der Waals surface area contributed by atoms with Crippen LogP contribution in [0, 0.1) is 17.1 Å². The van der Waals surface area contributed by atoms with Crippen LogP contribution in [0.1, 0.15) is 11.3 Å². The van der Waals surface area contributed by atoms with Crippen molar-refractivity contribution >= 4 is 16.6 Å². The zero-order valence-electron chi connectivity index (χ0n) is 11.0. The lowest BCUT2D eigenvalue weighted by atomic mass is 10.1. The molecule has 2 aromatic carbocycles. The van der Waals surface area contributed by atoms with E-state index >= 15 is 0 Å². The second-order valence-electron chi connectivity index (χ2n) is 4.50. The van der Waals surface area contributed by atoms with E-state index in [1.54, 1.807) is 18.2 Å². The molecule has 0 radical (unpaired) electrons. The fraction of sp³-hybridized carbons (Fsp3) is 0.0625. The van der Waals surface area contributed by atoms with Crippen molar-refractivity contribution in [2.75, 3.05) is 5.32 Å². The van der Waals surface area contributed by atoms with E-state index < -0.39 is 0 Å². The minimum absolute atomic E-state index is 0.199. The Morgan fingerprint density at radius 2 is 1.81 bits per heavy atom. The predicted octanol–water partition coefficient (Wildman–Crippen LogP) is 3.25. The Labute approximate surface area is 120 Å². The standard InChI is InChI=1S/C16H11FN4/c17-13-7-3-1-5-11(13)10-19-16-12-6-2-4-8-14(12)20-21-15(16)9-18/h1-8H,10H2,(H,19,20). The minimum Gasteiger partial charge on any atom is -0.378 e. The van der Waals surface area contributed by atoms with Crippen molar-refractivity contribution in [1.29, 1.82) is 5.26 Å². The molecular formula is C16H11FN4. The van der Waals surface area contributed by atoms with Crippen LogP contribution in [0.15, 0.2) is 48.5 Å². The number of nitriles is 1. The highest BCUT2D eigenvalue weighted by molar-refractivity contribution is 5.92. The highest BCUT2D eigenvalue weighted by Crippen LogP contribution is 2.24. The van der Waals surface area contributed by atoms with Crippen LogP contribution in [-0.4, -0.2) is 10.2 Å². The van der Waals surface area contributed by atoms with Crippen molar-refractivity contribution in [2.24, 2.45) is 0 Å². The zero-order chi connectivity index (χ0) is 14.7. The number of nitrogens with one attached hydrogen (secondary N) is 1. The molecule has 3 aromatic rings. The Kier molecular flexibility index (Phi) is 3.44. The first kappa shape index (κ1) is 13.0. The maximum absolute atomic E-state index is 13.7. The van der Waals surface area contributed by atoms with Gasteiger partial charge < -0.3 is 5.32 Å². The van der Waals surface area contributed by atoms with E-state index in [1.807, 2.05) is 30.3 Å². The van der Waals surface area contributed by atoms with Gasteiger partial charge in [0.05, 0.1) is 11.2 Å². The van der Waals surface area contributed by atoms with E-state index in [2.05, 4.69) is 15.5 Å². The first-order valence-corrected chi connectivity index (χ1v) is 6.42. The zero-order valence-corrected chi connectivity index (χ0v) is 11.0. The number of nitrogens with zero attached hydrogens (tertiary/aromatic N) is 3. The molecule has 0 aliphatic heterocycles. The van der Waals surface area contributed by atoms with Gasteiger partial charge in [0.2, 0.25) is 0 Å². The lowest BCUT2D eigenvalue weighted by molar-refractivity contribution is 0.613. The van der Waals surface area contributed by atoms with Crippen molar-refractivity contribution in [1.82, 2.24) is 10.2 Å². The summed E-state index contributed by atoms with van der Waals surface area (Å²) in [5.74, 6) is -0.283. The molecule has 0 spiro atoms. The number of anilines is 1. The van der Waals surface area contributed by atoms with Crippen molar-refractivity contribution in [2.45, 2.75) is 6.54 Å². The molecule has 1 aromatic heterocycles. The number of fused-ring (bicyclic) bond motifs is 1. The van der Waals surface area contributed by atoms with Crippen LogP contribution in [0.25, 0.3) is 10.9 Å². The van der Waals surface area contributed by atoms with Gasteiger partial charge in [0, 0.05) is 17.5 Å². The number of benzene rings is 2. The third-order valence-corrected chi connectivity index (χ3v) is 3.19. The summed E-state index contributed by atoms with van der Waals surface area (Å²) in [6, 6.07) is 15.9. The average molecular weight is 278 g/mol. The predicted molar refractivity (Wildman–Crippen MR) is 78.0 cm³/mol. The Balaban J connectivity index is 2.00. The Morgan fingerprint density at radius 1 is 1.05 bits per heavy atom. The molecule has 0 atom stereocenters. The maximum atomic E-state index is 13.7. The lowest BCUT2D eigenvalue weighted by Gasteiger charge is -2.10. The smallest absolute Gasteiger partial charge is 0.186 e. The van der Waals surface area contributed by atoms with Gasteiger partial charge in [0.1, 0.15) is 11.9 Å². The first-order chi connectivity index (χ1) is 10.3. The quantitative estimate of drug-likeness (QED) is 0.798. The van der Waals surface area contributed by atoms with E-state index in [4.69, 9.17) is 5.26 Å². The molecule has 5 heteroatoms. The van der Waals surface area contributed by atoms with Gasteiger partial charge in [-0.25, -0.2) is 4.39 Å². The fourth-order valence-electron chi connectivity index (χ4n) is 2.14. The third-order valence-electron chi connectivity index (χ3n) is 3.19. The number of hydrogen-bond donors (Lipinski definition) is 1. The highest BCUT2D eigenvalue weighted by Gasteiger charge is 2.10. The van der Waals surface area contributed by atoms with E-state index in [9.17, 15) is 4.39 Å². The minimum atomic E-state index is -0.283. The molecule has 21 heavy (non-hydrogen) atoms. The van der Waals surface area contributed by atoms with E-state index in [-0.39, 0.29) is 18.1 Å². The van der Waals surface area contributed by atoms with Crippen molar-refractivity contribution < 1.29 is 4.39 Å². The largest absolute Gasteiger partial charge is 0.378 e. The summed E-state index contributed by atoms with van der Waals surface area (Å²) in [5, 5.41) is 20.9. The van der Waals surface area contributed by atoms with Gasteiger partial charge in [-0.05, 0) is 12.1 Å². The van der Waals surface area contributed by atoms with Crippen LogP contribution < -0.4 is 5.32 Å². The summed E-state index contributed by atoms with van der Waals surface area (Å²) in [7, 11) is 0. The summed E-state index contributed by atoms with van der Waals surface area (Å²) >= 11 is 0. The second kappa shape index (κ2) is 5.55. The molecule has 3 rings (SSSR count). The van der Waals surface area contributed by atoms with Crippen LogP contribution >= 0.6 is 0 Å². The molecule has 0 aliphatic rings. The van der Waals surface area contributed by atoms with Gasteiger partial charge in [-0.3, -0.25) is 0 Å². The molecule has 0 aliphatic carbocycles. The third kappa shape index (κ3) is 2.51.